The molecular formula is C27H29N3O4. The maximum absolute atomic E-state index is 12.3. The Kier molecular flexibility index (Phi) is 6.34. The van der Waals surface area contributed by atoms with Crippen molar-refractivity contribution in [3.8, 4) is 34.6 Å². The molecule has 0 aliphatic heterocycles. The molecule has 0 unspecified atom stereocenters. The highest BCUT2D eigenvalue weighted by Gasteiger charge is 2.29. The highest BCUT2D eigenvalue weighted by atomic mass is 16.6. The number of nitrogens with zero attached hydrogens (tertiary/aromatic N) is 2. The van der Waals surface area contributed by atoms with E-state index in [-0.39, 0.29) is 12.1 Å². The van der Waals surface area contributed by atoms with Crippen LogP contribution in [-0.4, -0.2) is 22.8 Å². The number of oxazole rings is 1. The fraction of sp³-hybridized carbons (Fsp3) is 0.370. The number of nitrogens with one attached hydrogen (secondary N) is 1. The second-order valence-electron chi connectivity index (χ2n) is 9.63. The first-order valence-corrected chi connectivity index (χ1v) is 11.4. The summed E-state index contributed by atoms with van der Waals surface area (Å²) in [6.45, 7) is 9.38. The van der Waals surface area contributed by atoms with Gasteiger partial charge in [0.1, 0.15) is 17.4 Å². The van der Waals surface area contributed by atoms with E-state index >= 15 is 0 Å². The summed E-state index contributed by atoms with van der Waals surface area (Å²) < 4.78 is 17.2. The summed E-state index contributed by atoms with van der Waals surface area (Å²) in [6.07, 6.45) is 2.84. The number of benzene rings is 2. The molecule has 1 amide bonds. The standard InChI is InChI=1S/C27H29N3O4/c1-16(2)32-23-12-9-17(13-18(23)14-28)25-29-15-24(33-25)21-8-6-7-20-19(21)10-11-22(20)30-26(31)34-27(3,4)5/h6-9,12-13,15-16,22H,10-11H2,1-5H3,(H,30,31)/t22-/m0/s1. The molecule has 1 aliphatic rings. The second-order valence-corrected chi connectivity index (χ2v) is 9.63. The molecule has 0 fully saturated rings. The zero-order valence-corrected chi connectivity index (χ0v) is 20.1. The molecule has 0 saturated heterocycles. The van der Waals surface area contributed by atoms with Gasteiger partial charge in [0.25, 0.3) is 0 Å². The molecule has 34 heavy (non-hydrogen) atoms. The molecule has 1 atom stereocenters. The van der Waals surface area contributed by atoms with Crippen LogP contribution in [0.4, 0.5) is 4.79 Å². The Hall–Kier alpha value is -3.79. The van der Waals surface area contributed by atoms with Crippen LogP contribution < -0.4 is 10.1 Å². The normalized spacial score (nSPS) is 15.0. The van der Waals surface area contributed by atoms with Gasteiger partial charge in [-0.3, -0.25) is 0 Å². The fourth-order valence-electron chi connectivity index (χ4n) is 4.12. The van der Waals surface area contributed by atoms with E-state index in [0.717, 1.165) is 29.5 Å². The zero-order valence-electron chi connectivity index (χ0n) is 20.1. The first-order chi connectivity index (χ1) is 16.1. The first kappa shape index (κ1) is 23.4. The van der Waals surface area contributed by atoms with E-state index in [2.05, 4.69) is 16.4 Å². The number of hydrogen-bond acceptors (Lipinski definition) is 6. The molecule has 2 aromatic carbocycles. The zero-order chi connectivity index (χ0) is 24.5. The highest BCUT2D eigenvalue weighted by molar-refractivity contribution is 5.71. The monoisotopic (exact) mass is 459 g/mol. The van der Waals surface area contributed by atoms with Gasteiger partial charge in [0, 0.05) is 11.1 Å². The highest BCUT2D eigenvalue weighted by Crippen LogP contribution is 2.39. The maximum Gasteiger partial charge on any atom is 0.408 e. The molecule has 176 valence electrons. The number of fused-ring (bicyclic) bond motifs is 1. The number of aromatic nitrogens is 1. The van der Waals surface area contributed by atoms with Crippen LogP contribution in [0.3, 0.4) is 0 Å². The van der Waals surface area contributed by atoms with Gasteiger partial charge in [0.15, 0.2) is 5.76 Å². The van der Waals surface area contributed by atoms with Crippen LogP contribution in [0.15, 0.2) is 47.0 Å². The number of rotatable bonds is 5. The van der Waals surface area contributed by atoms with E-state index < -0.39 is 11.7 Å². The molecule has 1 heterocycles. The van der Waals surface area contributed by atoms with Crippen LogP contribution in [0.5, 0.6) is 5.75 Å². The molecule has 7 heteroatoms. The lowest BCUT2D eigenvalue weighted by Gasteiger charge is -2.22. The molecule has 1 aromatic heterocycles. The van der Waals surface area contributed by atoms with Gasteiger partial charge in [0.05, 0.1) is 23.9 Å². The Morgan fingerprint density at radius 2 is 2.06 bits per heavy atom. The maximum atomic E-state index is 12.3. The van der Waals surface area contributed by atoms with Crippen LogP contribution in [0.2, 0.25) is 0 Å². The molecular weight excluding hydrogens is 430 g/mol. The van der Waals surface area contributed by atoms with Gasteiger partial charge in [0.2, 0.25) is 5.89 Å². The Bertz CT molecular complexity index is 1250. The van der Waals surface area contributed by atoms with Crippen LogP contribution in [0.1, 0.15) is 63.8 Å². The van der Waals surface area contributed by atoms with Crippen molar-refractivity contribution in [3.05, 3.63) is 59.3 Å². The van der Waals surface area contributed by atoms with Crippen molar-refractivity contribution in [2.75, 3.05) is 0 Å². The topological polar surface area (TPSA) is 97.4 Å². The van der Waals surface area contributed by atoms with E-state index in [1.54, 1.807) is 18.3 Å². The number of carbonyl (C=O) groups excluding carboxylic acids is 1. The fourth-order valence-corrected chi connectivity index (χ4v) is 4.12. The van der Waals surface area contributed by atoms with Crippen molar-refractivity contribution in [1.29, 1.82) is 5.26 Å². The number of alkyl carbamates (subject to hydrolysis) is 1. The smallest absolute Gasteiger partial charge is 0.408 e. The molecule has 7 nitrogen and oxygen atoms in total. The number of ether oxygens (including phenoxy) is 2. The first-order valence-electron chi connectivity index (χ1n) is 11.4. The van der Waals surface area contributed by atoms with Crippen LogP contribution in [0, 0.1) is 11.3 Å². The van der Waals surface area contributed by atoms with Crippen LogP contribution in [-0.2, 0) is 11.2 Å². The third kappa shape index (κ3) is 5.07. The number of carbonyl (C=O) groups is 1. The molecule has 1 aliphatic carbocycles. The summed E-state index contributed by atoms with van der Waals surface area (Å²) >= 11 is 0. The lowest BCUT2D eigenvalue weighted by molar-refractivity contribution is 0.0503. The van der Waals surface area contributed by atoms with Gasteiger partial charge in [-0.25, -0.2) is 9.78 Å². The number of hydrogen-bond donors (Lipinski definition) is 1. The predicted octanol–water partition coefficient (Wildman–Crippen LogP) is 6.18. The molecule has 0 spiro atoms. The van der Waals surface area contributed by atoms with Crippen molar-refractivity contribution in [1.82, 2.24) is 10.3 Å². The quantitative estimate of drug-likeness (QED) is 0.489. The predicted molar refractivity (Wildman–Crippen MR) is 128 cm³/mol. The minimum atomic E-state index is -0.547. The summed E-state index contributed by atoms with van der Waals surface area (Å²) in [5, 5.41) is 12.5. The molecule has 3 aromatic rings. The van der Waals surface area contributed by atoms with Crippen molar-refractivity contribution in [3.63, 3.8) is 0 Å². The van der Waals surface area contributed by atoms with Gasteiger partial charge in [-0.2, -0.15) is 5.26 Å². The van der Waals surface area contributed by atoms with Gasteiger partial charge in [-0.15, -0.1) is 0 Å². The lowest BCUT2D eigenvalue weighted by atomic mass is 10.0. The van der Waals surface area contributed by atoms with Crippen molar-refractivity contribution in [2.45, 2.75) is 65.2 Å². The van der Waals surface area contributed by atoms with Gasteiger partial charge >= 0.3 is 6.09 Å². The Balaban J connectivity index is 1.58. The van der Waals surface area contributed by atoms with Crippen LogP contribution >= 0.6 is 0 Å². The minimum Gasteiger partial charge on any atom is -0.490 e. The van der Waals surface area contributed by atoms with Crippen molar-refractivity contribution >= 4 is 6.09 Å². The van der Waals surface area contributed by atoms with E-state index in [1.807, 2.05) is 58.9 Å². The molecule has 0 saturated carbocycles. The average Bonchev–Trinajstić information content (AvgIpc) is 3.40. The molecule has 0 radical (unpaired) electrons. The number of nitriles is 1. The molecule has 0 bridgehead atoms. The Morgan fingerprint density at radius 1 is 1.26 bits per heavy atom. The van der Waals surface area contributed by atoms with Crippen molar-refractivity contribution < 1.29 is 18.7 Å². The third-order valence-corrected chi connectivity index (χ3v) is 5.44. The summed E-state index contributed by atoms with van der Waals surface area (Å²) in [5.41, 5.74) is 3.73. The van der Waals surface area contributed by atoms with E-state index in [0.29, 0.717) is 28.5 Å². The van der Waals surface area contributed by atoms with Crippen molar-refractivity contribution in [2.24, 2.45) is 0 Å². The summed E-state index contributed by atoms with van der Waals surface area (Å²) in [5.74, 6) is 1.62. The van der Waals surface area contributed by atoms with Gasteiger partial charge in [-0.05, 0) is 76.8 Å². The van der Waals surface area contributed by atoms with E-state index in [9.17, 15) is 10.1 Å². The van der Waals surface area contributed by atoms with E-state index in [1.165, 1.54) is 0 Å². The average molecular weight is 460 g/mol. The molecule has 1 N–H and O–H groups in total. The summed E-state index contributed by atoms with van der Waals surface area (Å²) in [6, 6.07) is 13.4. The number of amides is 1. The van der Waals surface area contributed by atoms with Gasteiger partial charge < -0.3 is 19.2 Å². The van der Waals surface area contributed by atoms with Crippen LogP contribution in [0.25, 0.3) is 22.8 Å². The molecule has 4 rings (SSSR count). The van der Waals surface area contributed by atoms with E-state index in [4.69, 9.17) is 13.9 Å². The SMILES string of the molecule is CC(C)Oc1ccc(-c2ncc(-c3cccc4c3CC[C@@H]4NC(=O)OC(C)(C)C)o2)cc1C#N. The Labute approximate surface area is 199 Å². The Morgan fingerprint density at radius 3 is 2.76 bits per heavy atom. The summed E-state index contributed by atoms with van der Waals surface area (Å²) in [4.78, 5) is 16.7. The summed E-state index contributed by atoms with van der Waals surface area (Å²) in [7, 11) is 0. The third-order valence-electron chi connectivity index (χ3n) is 5.44. The van der Waals surface area contributed by atoms with Gasteiger partial charge in [-0.1, -0.05) is 18.2 Å². The minimum absolute atomic E-state index is 0.0277. The second kappa shape index (κ2) is 9.22. The lowest BCUT2D eigenvalue weighted by Crippen LogP contribution is -2.34. The largest absolute Gasteiger partial charge is 0.490 e.